The molecule has 8 heavy (non-hydrogen) atoms. The first-order valence-electron chi connectivity index (χ1n) is 2.42. The van der Waals surface area contributed by atoms with Gasteiger partial charge in [-0.25, -0.2) is 5.48 Å². The summed E-state index contributed by atoms with van der Waals surface area (Å²) < 4.78 is 5.01. The van der Waals surface area contributed by atoms with Crippen LogP contribution in [0.25, 0.3) is 0 Å². The molecule has 0 atom stereocenters. The van der Waals surface area contributed by atoms with E-state index in [0.29, 0.717) is 13.2 Å². The lowest BCUT2D eigenvalue weighted by molar-refractivity contribution is 0.0453. The number of halogens is 1. The van der Waals surface area contributed by atoms with Crippen molar-refractivity contribution in [2.24, 2.45) is 0 Å². The van der Waals surface area contributed by atoms with E-state index in [4.69, 9.17) is 9.57 Å². The molecule has 0 amide bonds. The Morgan fingerprint density at radius 2 is 2.00 bits per heavy atom. The van der Waals surface area contributed by atoms with Crippen molar-refractivity contribution in [3.63, 3.8) is 0 Å². The SMILES string of the molecule is Br.C1COCCON1. The molecule has 0 aromatic carbocycles. The van der Waals surface area contributed by atoms with Crippen molar-refractivity contribution in [3.8, 4) is 0 Å². The maximum atomic E-state index is 5.01. The van der Waals surface area contributed by atoms with Crippen LogP contribution in [0.2, 0.25) is 0 Å². The van der Waals surface area contributed by atoms with Gasteiger partial charge in [-0.15, -0.1) is 17.0 Å². The van der Waals surface area contributed by atoms with Crippen molar-refractivity contribution >= 4 is 17.0 Å². The van der Waals surface area contributed by atoms with E-state index >= 15 is 0 Å². The molecule has 0 aromatic heterocycles. The van der Waals surface area contributed by atoms with E-state index in [1.54, 1.807) is 0 Å². The Hall–Kier alpha value is 0.360. The van der Waals surface area contributed by atoms with E-state index in [0.717, 1.165) is 13.2 Å². The molecular weight excluding hydrogens is 174 g/mol. The van der Waals surface area contributed by atoms with E-state index in [-0.39, 0.29) is 17.0 Å². The molecule has 0 spiro atoms. The number of rotatable bonds is 0. The summed E-state index contributed by atoms with van der Waals surface area (Å²) in [5.74, 6) is 0. The fraction of sp³-hybridized carbons (Fsp3) is 1.00. The Labute approximate surface area is 59.1 Å². The van der Waals surface area contributed by atoms with E-state index in [9.17, 15) is 0 Å². The van der Waals surface area contributed by atoms with Crippen LogP contribution >= 0.6 is 17.0 Å². The van der Waals surface area contributed by atoms with Crippen LogP contribution < -0.4 is 5.48 Å². The number of hydrogen-bond donors (Lipinski definition) is 1. The minimum atomic E-state index is 0. The molecule has 1 aliphatic rings. The standard InChI is InChI=1S/C4H9NO2.BrH/c1-2-6-3-4-7-5-1;/h5H,1-4H2;1H. The van der Waals surface area contributed by atoms with Crippen LogP contribution in [0, 0.1) is 0 Å². The van der Waals surface area contributed by atoms with E-state index in [1.165, 1.54) is 0 Å². The summed E-state index contributed by atoms with van der Waals surface area (Å²) in [6.07, 6.45) is 0. The Bertz CT molecular complexity index is 33.7. The molecule has 0 aliphatic carbocycles. The molecule has 3 nitrogen and oxygen atoms in total. The summed E-state index contributed by atoms with van der Waals surface area (Å²) in [4.78, 5) is 4.82. The number of ether oxygens (including phenoxy) is 1. The van der Waals surface area contributed by atoms with Crippen molar-refractivity contribution in [3.05, 3.63) is 0 Å². The van der Waals surface area contributed by atoms with Crippen LogP contribution in [0.4, 0.5) is 0 Å². The van der Waals surface area contributed by atoms with Gasteiger partial charge in [0.25, 0.3) is 0 Å². The molecule has 1 aliphatic heterocycles. The van der Waals surface area contributed by atoms with Gasteiger partial charge in [0.15, 0.2) is 0 Å². The molecule has 0 bridgehead atoms. The Morgan fingerprint density at radius 1 is 1.12 bits per heavy atom. The number of hydrogen-bond acceptors (Lipinski definition) is 3. The highest BCUT2D eigenvalue weighted by atomic mass is 79.9. The molecule has 50 valence electrons. The zero-order valence-electron chi connectivity index (χ0n) is 4.55. The maximum Gasteiger partial charge on any atom is 0.0916 e. The van der Waals surface area contributed by atoms with Gasteiger partial charge < -0.3 is 4.74 Å². The van der Waals surface area contributed by atoms with Gasteiger partial charge in [-0.1, -0.05) is 0 Å². The highest BCUT2D eigenvalue weighted by Gasteiger charge is 1.93. The van der Waals surface area contributed by atoms with Gasteiger partial charge in [-0.3, -0.25) is 4.84 Å². The van der Waals surface area contributed by atoms with Crippen molar-refractivity contribution in [2.75, 3.05) is 26.4 Å². The monoisotopic (exact) mass is 183 g/mol. The molecule has 4 heteroatoms. The van der Waals surface area contributed by atoms with Crippen LogP contribution in [0.5, 0.6) is 0 Å². The molecule has 1 N–H and O–H groups in total. The van der Waals surface area contributed by atoms with Crippen molar-refractivity contribution in [1.29, 1.82) is 0 Å². The van der Waals surface area contributed by atoms with Crippen molar-refractivity contribution < 1.29 is 9.57 Å². The van der Waals surface area contributed by atoms with Gasteiger partial charge in [-0.2, -0.15) is 0 Å². The minimum Gasteiger partial charge on any atom is -0.378 e. The third-order valence-corrected chi connectivity index (χ3v) is 0.780. The molecule has 0 unspecified atom stereocenters. The second-order valence-electron chi connectivity index (χ2n) is 1.36. The van der Waals surface area contributed by atoms with Crippen LogP contribution in [0.15, 0.2) is 0 Å². The zero-order valence-corrected chi connectivity index (χ0v) is 6.27. The van der Waals surface area contributed by atoms with Crippen molar-refractivity contribution in [1.82, 2.24) is 5.48 Å². The molecule has 0 saturated carbocycles. The second-order valence-corrected chi connectivity index (χ2v) is 1.36. The predicted octanol–water partition coefficient (Wildman–Crippen LogP) is 0.116. The van der Waals surface area contributed by atoms with Gasteiger partial charge >= 0.3 is 0 Å². The second kappa shape index (κ2) is 5.50. The molecule has 0 radical (unpaired) electrons. The fourth-order valence-corrected chi connectivity index (χ4v) is 0.461. The number of hydroxylamine groups is 1. The maximum absolute atomic E-state index is 5.01. The Morgan fingerprint density at radius 3 is 2.88 bits per heavy atom. The molecule has 1 saturated heterocycles. The third kappa shape index (κ3) is 3.37. The lowest BCUT2D eigenvalue weighted by Gasteiger charge is -1.92. The topological polar surface area (TPSA) is 30.5 Å². The molecule has 0 aromatic rings. The average molecular weight is 184 g/mol. The number of nitrogens with one attached hydrogen (secondary N) is 1. The van der Waals surface area contributed by atoms with Gasteiger partial charge in [0.05, 0.1) is 19.8 Å². The highest BCUT2D eigenvalue weighted by Crippen LogP contribution is 1.79. The summed E-state index contributed by atoms with van der Waals surface area (Å²) in [6, 6.07) is 0. The lowest BCUT2D eigenvalue weighted by Crippen LogP contribution is -2.15. The van der Waals surface area contributed by atoms with Crippen LogP contribution in [-0.2, 0) is 9.57 Å². The third-order valence-electron chi connectivity index (χ3n) is 0.780. The molecular formula is C4H10BrNO2. The smallest absolute Gasteiger partial charge is 0.0916 e. The summed E-state index contributed by atoms with van der Waals surface area (Å²) in [5, 5.41) is 0. The Balaban J connectivity index is 0.000000490. The van der Waals surface area contributed by atoms with Crippen LogP contribution in [0.3, 0.4) is 0 Å². The summed E-state index contributed by atoms with van der Waals surface area (Å²) in [5.41, 5.74) is 2.72. The normalized spacial score (nSPS) is 21.0. The lowest BCUT2D eigenvalue weighted by atomic mass is 10.7. The first kappa shape index (κ1) is 8.36. The fourth-order valence-electron chi connectivity index (χ4n) is 0.461. The van der Waals surface area contributed by atoms with E-state index in [1.807, 2.05) is 0 Å². The summed E-state index contributed by atoms with van der Waals surface area (Å²) in [7, 11) is 0. The first-order valence-corrected chi connectivity index (χ1v) is 2.42. The van der Waals surface area contributed by atoms with Gasteiger partial charge in [-0.05, 0) is 0 Å². The van der Waals surface area contributed by atoms with Gasteiger partial charge in [0, 0.05) is 6.54 Å². The van der Waals surface area contributed by atoms with E-state index < -0.39 is 0 Å². The Kier molecular flexibility index (Phi) is 5.74. The van der Waals surface area contributed by atoms with Crippen LogP contribution in [0.1, 0.15) is 0 Å². The van der Waals surface area contributed by atoms with Gasteiger partial charge in [0.1, 0.15) is 0 Å². The van der Waals surface area contributed by atoms with Crippen LogP contribution in [-0.4, -0.2) is 26.4 Å². The molecule has 1 rings (SSSR count). The average Bonchev–Trinajstić information content (AvgIpc) is 1.90. The molecule has 1 fully saturated rings. The minimum absolute atomic E-state index is 0. The zero-order chi connectivity index (χ0) is 4.95. The van der Waals surface area contributed by atoms with Gasteiger partial charge in [0.2, 0.25) is 0 Å². The first-order chi connectivity index (χ1) is 3.50. The largest absolute Gasteiger partial charge is 0.378 e. The van der Waals surface area contributed by atoms with E-state index in [2.05, 4.69) is 5.48 Å². The summed E-state index contributed by atoms with van der Waals surface area (Å²) >= 11 is 0. The predicted molar refractivity (Wildman–Crippen MR) is 35.1 cm³/mol. The highest BCUT2D eigenvalue weighted by molar-refractivity contribution is 8.93. The quantitative estimate of drug-likeness (QED) is 0.579. The molecule has 1 heterocycles. The summed E-state index contributed by atoms with van der Waals surface area (Å²) in [6.45, 7) is 2.95. The van der Waals surface area contributed by atoms with Crippen molar-refractivity contribution in [2.45, 2.75) is 0 Å².